The number of methoxy groups -OCH3 is 2. The summed E-state index contributed by atoms with van der Waals surface area (Å²) in [4.78, 5) is 29.5. The molecule has 0 saturated heterocycles. The Morgan fingerprint density at radius 1 is 0.851 bits per heavy atom. The summed E-state index contributed by atoms with van der Waals surface area (Å²) < 4.78 is 54.1. The van der Waals surface area contributed by atoms with Gasteiger partial charge in [-0.05, 0) is 60.9 Å². The van der Waals surface area contributed by atoms with Crippen molar-refractivity contribution in [2.45, 2.75) is 44.2 Å². The van der Waals surface area contributed by atoms with Crippen LogP contribution >= 0.6 is 0 Å². The van der Waals surface area contributed by atoms with Gasteiger partial charge in [0.1, 0.15) is 18.4 Å². The first-order chi connectivity index (χ1) is 22.6. The third-order valence-electron chi connectivity index (χ3n) is 7.63. The first-order valence-electron chi connectivity index (χ1n) is 15.2. The zero-order chi connectivity index (χ0) is 34.0. The monoisotopic (exact) mass is 661 g/mol. The average molecular weight is 662 g/mol. The Bertz CT molecular complexity index is 1750. The summed E-state index contributed by atoms with van der Waals surface area (Å²) in [5, 5.41) is 2.92. The number of hydrogen-bond acceptors (Lipinski definition) is 6. The fourth-order valence-electron chi connectivity index (χ4n) is 5.05. The zero-order valence-electron chi connectivity index (χ0n) is 27.0. The highest BCUT2D eigenvalue weighted by atomic mass is 32.2. The van der Waals surface area contributed by atoms with E-state index in [-0.39, 0.29) is 35.2 Å². The third-order valence-corrected chi connectivity index (χ3v) is 9.40. The SMILES string of the molecule is CCCNC(=O)[C@H](Cc1ccccc1)N(Cc1ccc(C)cc1)C(=O)CN(c1ccc(F)cc1)S(=O)(=O)c1ccc(OC)c(OC)c1. The van der Waals surface area contributed by atoms with E-state index in [9.17, 15) is 22.4 Å². The minimum absolute atomic E-state index is 0.0455. The Kier molecular flexibility index (Phi) is 12.0. The number of halogens is 1. The van der Waals surface area contributed by atoms with Crippen molar-refractivity contribution < 1.29 is 31.9 Å². The Morgan fingerprint density at radius 2 is 1.51 bits per heavy atom. The number of nitrogens with zero attached hydrogens (tertiary/aromatic N) is 2. The summed E-state index contributed by atoms with van der Waals surface area (Å²) >= 11 is 0. The molecule has 2 amide bonds. The lowest BCUT2D eigenvalue weighted by molar-refractivity contribution is -0.140. The van der Waals surface area contributed by atoms with Crippen LogP contribution in [0.5, 0.6) is 11.5 Å². The van der Waals surface area contributed by atoms with Crippen molar-refractivity contribution in [3.63, 3.8) is 0 Å². The van der Waals surface area contributed by atoms with Gasteiger partial charge in [-0.3, -0.25) is 13.9 Å². The first kappa shape index (κ1) is 35.0. The van der Waals surface area contributed by atoms with Crippen LogP contribution in [0.25, 0.3) is 0 Å². The van der Waals surface area contributed by atoms with E-state index < -0.39 is 34.3 Å². The topological polar surface area (TPSA) is 105 Å². The van der Waals surface area contributed by atoms with Crippen molar-refractivity contribution in [3.8, 4) is 11.5 Å². The van der Waals surface area contributed by atoms with Crippen molar-refractivity contribution >= 4 is 27.5 Å². The third kappa shape index (κ3) is 8.88. The van der Waals surface area contributed by atoms with Crippen molar-refractivity contribution in [2.75, 3.05) is 31.6 Å². The van der Waals surface area contributed by atoms with E-state index in [2.05, 4.69) is 5.32 Å². The maximum absolute atomic E-state index is 14.5. The molecule has 0 radical (unpaired) electrons. The van der Waals surface area contributed by atoms with Gasteiger partial charge < -0.3 is 19.7 Å². The molecule has 1 N–H and O–H groups in total. The van der Waals surface area contributed by atoms with Gasteiger partial charge >= 0.3 is 0 Å². The molecule has 1 atom stereocenters. The molecular formula is C36H40FN3O6S. The van der Waals surface area contributed by atoms with E-state index in [0.29, 0.717) is 18.7 Å². The fraction of sp³-hybridized carbons (Fsp3) is 0.278. The summed E-state index contributed by atoms with van der Waals surface area (Å²) in [6, 6.07) is 24.9. The molecule has 0 aliphatic carbocycles. The summed E-state index contributed by atoms with van der Waals surface area (Å²) in [7, 11) is -1.61. The minimum Gasteiger partial charge on any atom is -0.493 e. The first-order valence-corrected chi connectivity index (χ1v) is 16.7. The van der Waals surface area contributed by atoms with Crippen LogP contribution in [0.1, 0.15) is 30.0 Å². The van der Waals surface area contributed by atoms with Crippen LogP contribution in [-0.2, 0) is 32.6 Å². The molecule has 11 heteroatoms. The van der Waals surface area contributed by atoms with Crippen LogP contribution < -0.4 is 19.1 Å². The lowest BCUT2D eigenvalue weighted by atomic mass is 10.0. The number of aryl methyl sites for hydroxylation is 1. The maximum Gasteiger partial charge on any atom is 0.264 e. The molecule has 9 nitrogen and oxygen atoms in total. The van der Waals surface area contributed by atoms with Crippen LogP contribution in [0.15, 0.2) is 102 Å². The van der Waals surface area contributed by atoms with Crippen molar-refractivity contribution in [3.05, 3.63) is 120 Å². The number of carbonyl (C=O) groups excluding carboxylic acids is 2. The van der Waals surface area contributed by atoms with Gasteiger partial charge in [-0.1, -0.05) is 67.1 Å². The Labute approximate surface area is 276 Å². The van der Waals surface area contributed by atoms with Crippen LogP contribution in [-0.4, -0.2) is 58.5 Å². The Balaban J connectivity index is 1.81. The largest absolute Gasteiger partial charge is 0.493 e. The average Bonchev–Trinajstić information content (AvgIpc) is 3.08. The molecule has 47 heavy (non-hydrogen) atoms. The fourth-order valence-corrected chi connectivity index (χ4v) is 6.48. The smallest absolute Gasteiger partial charge is 0.264 e. The van der Waals surface area contributed by atoms with E-state index in [4.69, 9.17) is 9.47 Å². The molecule has 0 aliphatic rings. The van der Waals surface area contributed by atoms with Crippen molar-refractivity contribution in [2.24, 2.45) is 0 Å². The van der Waals surface area contributed by atoms with Gasteiger partial charge in [-0.2, -0.15) is 0 Å². The molecule has 4 aromatic carbocycles. The summed E-state index contributed by atoms with van der Waals surface area (Å²) in [6.07, 6.45) is 0.893. The molecule has 0 spiro atoms. The van der Waals surface area contributed by atoms with Gasteiger partial charge in [0.2, 0.25) is 11.8 Å². The second-order valence-electron chi connectivity index (χ2n) is 11.0. The quantitative estimate of drug-likeness (QED) is 0.180. The predicted molar refractivity (Wildman–Crippen MR) is 179 cm³/mol. The molecule has 248 valence electrons. The standard InChI is InChI=1S/C36H40FN3O6S/c1-5-21-38-36(42)32(22-27-9-7-6-8-10-27)39(24-28-13-11-26(2)12-14-28)35(41)25-40(30-17-15-29(37)16-18-30)47(43,44)31-19-20-33(45-3)34(23-31)46-4/h6-20,23,32H,5,21-22,24-25H2,1-4H3,(H,38,42)/t32-/m0/s1. The molecule has 0 heterocycles. The highest BCUT2D eigenvalue weighted by molar-refractivity contribution is 7.92. The Hall–Kier alpha value is -4.90. The summed E-state index contributed by atoms with van der Waals surface area (Å²) in [5.41, 5.74) is 2.69. The van der Waals surface area contributed by atoms with Gasteiger partial charge in [-0.15, -0.1) is 0 Å². The molecule has 0 unspecified atom stereocenters. The number of sulfonamides is 1. The number of carbonyl (C=O) groups is 2. The second kappa shape index (κ2) is 16.1. The second-order valence-corrected chi connectivity index (χ2v) is 12.9. The van der Waals surface area contributed by atoms with Crippen LogP contribution in [0, 0.1) is 12.7 Å². The molecular weight excluding hydrogens is 621 g/mol. The lowest BCUT2D eigenvalue weighted by Gasteiger charge is -2.34. The number of hydrogen-bond donors (Lipinski definition) is 1. The predicted octanol–water partition coefficient (Wildman–Crippen LogP) is 5.51. The van der Waals surface area contributed by atoms with Gasteiger partial charge in [0.05, 0.1) is 24.8 Å². The lowest BCUT2D eigenvalue weighted by Crippen LogP contribution is -2.53. The van der Waals surface area contributed by atoms with Crippen molar-refractivity contribution in [1.29, 1.82) is 0 Å². The van der Waals surface area contributed by atoms with Crippen molar-refractivity contribution in [1.82, 2.24) is 10.2 Å². The summed E-state index contributed by atoms with van der Waals surface area (Å²) in [6.45, 7) is 3.67. The van der Waals surface area contributed by atoms with Crippen LogP contribution in [0.2, 0.25) is 0 Å². The summed E-state index contributed by atoms with van der Waals surface area (Å²) in [5.74, 6) is -1.05. The molecule has 0 bridgehead atoms. The van der Waals surface area contributed by atoms with E-state index in [1.807, 2.05) is 68.4 Å². The van der Waals surface area contributed by atoms with Gasteiger partial charge in [0, 0.05) is 25.6 Å². The van der Waals surface area contributed by atoms with E-state index in [0.717, 1.165) is 33.1 Å². The molecule has 4 aromatic rings. The number of anilines is 1. The number of nitrogens with one attached hydrogen (secondary N) is 1. The van der Waals surface area contributed by atoms with E-state index in [1.54, 1.807) is 0 Å². The number of ether oxygens (including phenoxy) is 2. The molecule has 0 aliphatic heterocycles. The van der Waals surface area contributed by atoms with Crippen LogP contribution in [0.3, 0.4) is 0 Å². The Morgan fingerprint density at radius 3 is 2.13 bits per heavy atom. The number of benzene rings is 4. The van der Waals surface area contributed by atoms with Gasteiger partial charge in [0.25, 0.3) is 10.0 Å². The number of rotatable bonds is 15. The molecule has 0 fully saturated rings. The zero-order valence-corrected chi connectivity index (χ0v) is 27.8. The van der Waals surface area contributed by atoms with Gasteiger partial charge in [-0.25, -0.2) is 12.8 Å². The van der Waals surface area contributed by atoms with E-state index in [1.165, 1.54) is 49.5 Å². The highest BCUT2D eigenvalue weighted by Gasteiger charge is 2.35. The van der Waals surface area contributed by atoms with E-state index >= 15 is 0 Å². The molecule has 0 aromatic heterocycles. The number of amides is 2. The molecule has 0 saturated carbocycles. The normalized spacial score (nSPS) is 11.8. The molecule has 4 rings (SSSR count). The van der Waals surface area contributed by atoms with Crippen LogP contribution in [0.4, 0.5) is 10.1 Å². The maximum atomic E-state index is 14.5. The van der Waals surface area contributed by atoms with Gasteiger partial charge in [0.15, 0.2) is 11.5 Å². The highest BCUT2D eigenvalue weighted by Crippen LogP contribution is 2.32. The minimum atomic E-state index is -4.42.